The van der Waals surface area contributed by atoms with Crippen molar-refractivity contribution in [2.75, 3.05) is 12.8 Å². The zero-order chi connectivity index (χ0) is 14.5. The minimum Gasteiger partial charge on any atom is -0.455 e. The van der Waals surface area contributed by atoms with E-state index in [0.717, 1.165) is 0 Å². The van der Waals surface area contributed by atoms with E-state index in [0.29, 0.717) is 22.7 Å². The van der Waals surface area contributed by atoms with Gasteiger partial charge >= 0.3 is 0 Å². The standard InChI is InChI=1S/C14H12N4O2/c1-17-14(19)12-7-10(4-5-18-12)20-13-3-2-9(8-15)6-11(13)16/h2-7H,16H2,1H3,(H,17,19). The molecule has 1 amide bonds. The number of hydrogen-bond acceptors (Lipinski definition) is 5. The first kappa shape index (κ1) is 13.4. The minimum atomic E-state index is -0.303. The van der Waals surface area contributed by atoms with E-state index in [1.165, 1.54) is 25.4 Å². The van der Waals surface area contributed by atoms with Gasteiger partial charge in [-0.2, -0.15) is 5.26 Å². The van der Waals surface area contributed by atoms with Crippen molar-refractivity contribution in [3.63, 3.8) is 0 Å². The third kappa shape index (κ3) is 2.84. The maximum atomic E-state index is 11.5. The fraction of sp³-hybridized carbons (Fsp3) is 0.0714. The van der Waals surface area contributed by atoms with Crippen LogP contribution in [-0.4, -0.2) is 17.9 Å². The first-order chi connectivity index (χ1) is 9.63. The first-order valence-electron chi connectivity index (χ1n) is 5.79. The van der Waals surface area contributed by atoms with Crippen molar-refractivity contribution in [2.24, 2.45) is 0 Å². The van der Waals surface area contributed by atoms with Gasteiger partial charge in [-0.05, 0) is 24.3 Å². The van der Waals surface area contributed by atoms with Gasteiger partial charge in [0.25, 0.3) is 5.91 Å². The third-order valence-electron chi connectivity index (χ3n) is 2.56. The van der Waals surface area contributed by atoms with Crippen molar-refractivity contribution in [3.8, 4) is 17.6 Å². The molecule has 0 saturated carbocycles. The summed E-state index contributed by atoms with van der Waals surface area (Å²) in [6.45, 7) is 0. The van der Waals surface area contributed by atoms with E-state index < -0.39 is 0 Å². The van der Waals surface area contributed by atoms with Gasteiger partial charge in [-0.25, -0.2) is 0 Å². The number of aromatic nitrogens is 1. The molecular weight excluding hydrogens is 256 g/mol. The topological polar surface area (TPSA) is 101 Å². The van der Waals surface area contributed by atoms with Crippen LogP contribution in [-0.2, 0) is 0 Å². The molecule has 0 atom stereocenters. The molecule has 20 heavy (non-hydrogen) atoms. The summed E-state index contributed by atoms with van der Waals surface area (Å²) < 4.78 is 5.59. The molecule has 1 aromatic heterocycles. The lowest BCUT2D eigenvalue weighted by Gasteiger charge is -2.09. The number of nitrogen functional groups attached to an aromatic ring is 1. The summed E-state index contributed by atoms with van der Waals surface area (Å²) in [7, 11) is 1.52. The number of anilines is 1. The lowest BCUT2D eigenvalue weighted by molar-refractivity contribution is 0.0958. The number of carbonyl (C=O) groups is 1. The van der Waals surface area contributed by atoms with E-state index in [1.807, 2.05) is 6.07 Å². The van der Waals surface area contributed by atoms with Crippen LogP contribution in [0.25, 0.3) is 0 Å². The van der Waals surface area contributed by atoms with Crippen molar-refractivity contribution in [3.05, 3.63) is 47.8 Å². The van der Waals surface area contributed by atoms with Gasteiger partial charge < -0.3 is 15.8 Å². The van der Waals surface area contributed by atoms with E-state index >= 15 is 0 Å². The average Bonchev–Trinajstić information content (AvgIpc) is 2.48. The molecule has 100 valence electrons. The van der Waals surface area contributed by atoms with Crippen LogP contribution in [0.2, 0.25) is 0 Å². The normalized spacial score (nSPS) is 9.60. The van der Waals surface area contributed by atoms with E-state index in [-0.39, 0.29) is 11.6 Å². The highest BCUT2D eigenvalue weighted by Gasteiger charge is 2.08. The average molecular weight is 268 g/mol. The van der Waals surface area contributed by atoms with Crippen LogP contribution in [0, 0.1) is 11.3 Å². The summed E-state index contributed by atoms with van der Waals surface area (Å²) in [6, 6.07) is 9.85. The van der Waals surface area contributed by atoms with Gasteiger partial charge in [0.05, 0.1) is 17.3 Å². The van der Waals surface area contributed by atoms with Gasteiger partial charge in [0, 0.05) is 19.3 Å². The highest BCUT2D eigenvalue weighted by molar-refractivity contribution is 5.92. The van der Waals surface area contributed by atoms with E-state index in [2.05, 4.69) is 10.3 Å². The van der Waals surface area contributed by atoms with Crippen LogP contribution >= 0.6 is 0 Å². The Kier molecular flexibility index (Phi) is 3.82. The third-order valence-corrected chi connectivity index (χ3v) is 2.56. The maximum Gasteiger partial charge on any atom is 0.269 e. The number of nitrogens with one attached hydrogen (secondary N) is 1. The monoisotopic (exact) mass is 268 g/mol. The molecule has 0 radical (unpaired) electrons. The quantitative estimate of drug-likeness (QED) is 0.825. The molecule has 6 nitrogen and oxygen atoms in total. The van der Waals surface area contributed by atoms with Gasteiger partial charge in [-0.3, -0.25) is 9.78 Å². The Morgan fingerprint density at radius 2 is 2.20 bits per heavy atom. The van der Waals surface area contributed by atoms with Gasteiger partial charge in [-0.15, -0.1) is 0 Å². The fourth-order valence-corrected chi connectivity index (χ4v) is 1.56. The molecule has 0 aliphatic carbocycles. The van der Waals surface area contributed by atoms with Crippen molar-refractivity contribution in [1.29, 1.82) is 5.26 Å². The predicted octanol–water partition coefficient (Wildman–Crippen LogP) is 1.69. The zero-order valence-corrected chi connectivity index (χ0v) is 10.8. The molecule has 0 bridgehead atoms. The second-order valence-electron chi connectivity index (χ2n) is 3.92. The number of carbonyl (C=O) groups excluding carboxylic acids is 1. The summed E-state index contributed by atoms with van der Waals surface area (Å²) >= 11 is 0. The lowest BCUT2D eigenvalue weighted by Crippen LogP contribution is -2.18. The summed E-state index contributed by atoms with van der Waals surface area (Å²) in [4.78, 5) is 15.4. The van der Waals surface area contributed by atoms with E-state index in [1.54, 1.807) is 18.2 Å². The Hall–Kier alpha value is -3.07. The lowest BCUT2D eigenvalue weighted by atomic mass is 10.2. The molecule has 1 heterocycles. The Morgan fingerprint density at radius 1 is 1.40 bits per heavy atom. The van der Waals surface area contributed by atoms with Crippen LogP contribution in [0.3, 0.4) is 0 Å². The highest BCUT2D eigenvalue weighted by Crippen LogP contribution is 2.28. The number of amides is 1. The smallest absolute Gasteiger partial charge is 0.269 e. The minimum absolute atomic E-state index is 0.247. The Bertz CT molecular complexity index is 692. The first-order valence-corrected chi connectivity index (χ1v) is 5.79. The molecule has 0 unspecified atom stereocenters. The zero-order valence-electron chi connectivity index (χ0n) is 10.8. The second-order valence-corrected chi connectivity index (χ2v) is 3.92. The molecule has 1 aromatic carbocycles. The van der Waals surface area contributed by atoms with Gasteiger partial charge in [0.15, 0.2) is 0 Å². The largest absolute Gasteiger partial charge is 0.455 e. The number of nitriles is 1. The molecule has 3 N–H and O–H groups in total. The predicted molar refractivity (Wildman–Crippen MR) is 73.3 cm³/mol. The number of rotatable bonds is 3. The number of pyridine rings is 1. The Balaban J connectivity index is 2.26. The molecule has 2 rings (SSSR count). The van der Waals surface area contributed by atoms with E-state index in [9.17, 15) is 4.79 Å². The van der Waals surface area contributed by atoms with Crippen LogP contribution in [0.5, 0.6) is 11.5 Å². The number of benzene rings is 1. The second kappa shape index (κ2) is 5.71. The number of nitrogens with zero attached hydrogens (tertiary/aromatic N) is 2. The number of nitrogens with two attached hydrogens (primary N) is 1. The summed E-state index contributed by atoms with van der Waals surface area (Å²) in [6.07, 6.45) is 1.47. The maximum absolute atomic E-state index is 11.5. The van der Waals surface area contributed by atoms with Gasteiger partial charge in [0.2, 0.25) is 0 Å². The molecule has 0 aliphatic heterocycles. The molecule has 0 saturated heterocycles. The molecule has 0 spiro atoms. The Labute approximate surface area is 115 Å². The van der Waals surface area contributed by atoms with Crippen LogP contribution < -0.4 is 15.8 Å². The van der Waals surface area contributed by atoms with Gasteiger partial charge in [0.1, 0.15) is 17.2 Å². The fourth-order valence-electron chi connectivity index (χ4n) is 1.56. The summed E-state index contributed by atoms with van der Waals surface area (Å²) in [5.74, 6) is 0.552. The van der Waals surface area contributed by atoms with Crippen molar-refractivity contribution in [1.82, 2.24) is 10.3 Å². The van der Waals surface area contributed by atoms with Crippen LogP contribution in [0.1, 0.15) is 16.1 Å². The van der Waals surface area contributed by atoms with Crippen molar-refractivity contribution >= 4 is 11.6 Å². The molecule has 0 aliphatic rings. The number of hydrogen-bond donors (Lipinski definition) is 2. The molecular formula is C14H12N4O2. The van der Waals surface area contributed by atoms with Crippen molar-refractivity contribution < 1.29 is 9.53 Å². The Morgan fingerprint density at radius 3 is 2.85 bits per heavy atom. The SMILES string of the molecule is CNC(=O)c1cc(Oc2ccc(C#N)cc2N)ccn1. The summed E-state index contributed by atoms with van der Waals surface area (Å²) in [5, 5.41) is 11.2. The highest BCUT2D eigenvalue weighted by atomic mass is 16.5. The van der Waals surface area contributed by atoms with E-state index in [4.69, 9.17) is 15.7 Å². The van der Waals surface area contributed by atoms with Crippen LogP contribution in [0.4, 0.5) is 5.69 Å². The van der Waals surface area contributed by atoms with Crippen molar-refractivity contribution in [2.45, 2.75) is 0 Å². The van der Waals surface area contributed by atoms with Crippen LogP contribution in [0.15, 0.2) is 36.5 Å². The molecule has 0 fully saturated rings. The van der Waals surface area contributed by atoms with Gasteiger partial charge in [-0.1, -0.05) is 0 Å². The molecule has 2 aromatic rings. The molecule has 6 heteroatoms. The number of ether oxygens (including phenoxy) is 1. The summed E-state index contributed by atoms with van der Waals surface area (Å²) in [5.41, 5.74) is 6.85.